The molecule has 11 heteroatoms. The molecule has 2 aromatic carbocycles. The van der Waals surface area contributed by atoms with Crippen LogP contribution in [0.3, 0.4) is 0 Å². The number of benzene rings is 2. The predicted octanol–water partition coefficient (Wildman–Crippen LogP) is 5.41. The Labute approximate surface area is 243 Å². The van der Waals surface area contributed by atoms with Crippen LogP contribution < -0.4 is 15.4 Å². The number of hydrogen-bond acceptors (Lipinski definition) is 6. The molecule has 0 aliphatic carbocycles. The van der Waals surface area contributed by atoms with Crippen molar-refractivity contribution in [1.82, 2.24) is 19.8 Å². The molecule has 1 aliphatic rings. The number of nitro groups is 1. The van der Waals surface area contributed by atoms with Crippen LogP contribution in [0.5, 0.6) is 5.75 Å². The van der Waals surface area contributed by atoms with Crippen LogP contribution in [0.1, 0.15) is 41.1 Å². The molecule has 1 saturated heterocycles. The van der Waals surface area contributed by atoms with Gasteiger partial charge in [0.05, 0.1) is 41.6 Å². The number of aromatic nitrogens is 2. The van der Waals surface area contributed by atoms with Gasteiger partial charge in [0, 0.05) is 42.3 Å². The fourth-order valence-corrected chi connectivity index (χ4v) is 5.71. The van der Waals surface area contributed by atoms with Gasteiger partial charge in [0.1, 0.15) is 5.75 Å². The van der Waals surface area contributed by atoms with Crippen molar-refractivity contribution >= 4 is 34.6 Å². The minimum Gasteiger partial charge on any atom is -0.494 e. The molecule has 210 valence electrons. The summed E-state index contributed by atoms with van der Waals surface area (Å²) in [5.74, 6) is 0.281. The first-order valence-corrected chi connectivity index (χ1v) is 13.5. The highest BCUT2D eigenvalue weighted by Crippen LogP contribution is 2.42. The van der Waals surface area contributed by atoms with Crippen molar-refractivity contribution in [3.8, 4) is 11.4 Å². The molecule has 2 N–H and O–H groups in total. The second-order valence-corrected chi connectivity index (χ2v) is 10.1. The number of thiocarbonyl (C=S) groups is 1. The minimum atomic E-state index is -0.443. The average Bonchev–Trinajstić information content (AvgIpc) is 3.46. The van der Waals surface area contributed by atoms with Crippen molar-refractivity contribution in [2.75, 3.05) is 19.0 Å². The fourth-order valence-electron chi connectivity index (χ4n) is 5.37. The summed E-state index contributed by atoms with van der Waals surface area (Å²) in [7, 11) is 1.50. The molecule has 2 aromatic heterocycles. The summed E-state index contributed by atoms with van der Waals surface area (Å²) in [4.78, 5) is 30.4. The van der Waals surface area contributed by atoms with Crippen LogP contribution in [0, 0.1) is 24.0 Å². The van der Waals surface area contributed by atoms with E-state index in [1.54, 1.807) is 12.3 Å². The molecule has 0 spiro atoms. The lowest BCUT2D eigenvalue weighted by Gasteiger charge is -2.28. The number of nitrogens with zero attached hydrogens (tertiary/aromatic N) is 4. The zero-order valence-electron chi connectivity index (χ0n) is 22.9. The molecule has 3 heterocycles. The van der Waals surface area contributed by atoms with Crippen LogP contribution in [0.25, 0.3) is 5.69 Å². The van der Waals surface area contributed by atoms with E-state index in [0.717, 1.165) is 28.3 Å². The Kier molecular flexibility index (Phi) is 7.97. The van der Waals surface area contributed by atoms with Crippen molar-refractivity contribution in [3.63, 3.8) is 0 Å². The maximum Gasteiger partial charge on any atom is 0.273 e. The molecular formula is C30H30N6O4S. The van der Waals surface area contributed by atoms with E-state index in [1.165, 1.54) is 19.2 Å². The van der Waals surface area contributed by atoms with Crippen LogP contribution in [0.4, 0.5) is 11.4 Å². The topological polar surface area (TPSA) is 115 Å². The highest BCUT2D eigenvalue weighted by atomic mass is 32.1. The Balaban J connectivity index is 1.51. The van der Waals surface area contributed by atoms with Crippen LogP contribution in [0.2, 0.25) is 0 Å². The number of nitrogens with one attached hydrogen (secondary N) is 2. The summed E-state index contributed by atoms with van der Waals surface area (Å²) >= 11 is 5.80. The van der Waals surface area contributed by atoms with Gasteiger partial charge in [-0.25, -0.2) is 0 Å². The SMILES string of the molecule is COc1cc([N+](=O)[O-])ccc1-n1c(C)cc([C@@H]2[C@@H](c3ccccn3)NC(=S)N2CCC(=O)Nc2ccccc2)c1C. The first-order chi connectivity index (χ1) is 19.8. The number of methoxy groups -OCH3 is 1. The van der Waals surface area contributed by atoms with E-state index >= 15 is 0 Å². The first-order valence-electron chi connectivity index (χ1n) is 13.1. The van der Waals surface area contributed by atoms with Gasteiger partial charge in [-0.2, -0.15) is 0 Å². The van der Waals surface area contributed by atoms with Crippen molar-refractivity contribution in [2.24, 2.45) is 0 Å². The standard InChI is InChI=1S/C30H30N6O4S/c1-19-17-23(20(2)35(19)25-13-12-22(36(38)39)18-26(25)40-3)29-28(24-11-7-8-15-31-24)33-30(41)34(29)16-14-27(37)32-21-9-5-4-6-10-21/h4-13,15,17-18,28-29H,14,16H2,1-3H3,(H,32,37)(H,33,41)/t28-,29-/m1/s1. The molecule has 0 unspecified atom stereocenters. The maximum absolute atomic E-state index is 12.8. The smallest absolute Gasteiger partial charge is 0.273 e. The molecule has 1 amide bonds. The number of hydrogen-bond donors (Lipinski definition) is 2. The van der Waals surface area contributed by atoms with E-state index in [4.69, 9.17) is 17.0 Å². The molecule has 0 radical (unpaired) electrons. The number of amides is 1. The van der Waals surface area contributed by atoms with Crippen LogP contribution in [-0.4, -0.2) is 44.0 Å². The van der Waals surface area contributed by atoms with Gasteiger partial charge >= 0.3 is 0 Å². The molecule has 41 heavy (non-hydrogen) atoms. The van der Waals surface area contributed by atoms with E-state index in [1.807, 2.05) is 71.8 Å². The molecule has 10 nitrogen and oxygen atoms in total. The monoisotopic (exact) mass is 570 g/mol. The summed E-state index contributed by atoms with van der Waals surface area (Å²) in [6.45, 7) is 4.37. The number of para-hydroxylation sites is 1. The molecule has 1 aliphatic heterocycles. The third-order valence-corrected chi connectivity index (χ3v) is 7.59. The molecule has 1 fully saturated rings. The second kappa shape index (κ2) is 11.8. The molecule has 2 atom stereocenters. The number of pyridine rings is 1. The third kappa shape index (κ3) is 5.62. The van der Waals surface area contributed by atoms with Crippen molar-refractivity contribution in [1.29, 1.82) is 0 Å². The third-order valence-electron chi connectivity index (χ3n) is 7.24. The Morgan fingerprint density at radius 2 is 1.88 bits per heavy atom. The van der Waals surface area contributed by atoms with Crippen molar-refractivity contribution in [2.45, 2.75) is 32.4 Å². The first kappa shape index (κ1) is 27.8. The van der Waals surface area contributed by atoms with E-state index < -0.39 is 4.92 Å². The lowest BCUT2D eigenvalue weighted by molar-refractivity contribution is -0.384. The summed E-state index contributed by atoms with van der Waals surface area (Å²) in [6, 6.07) is 21.3. The number of non-ortho nitro benzene ring substituents is 1. The Hall–Kier alpha value is -4.77. The zero-order valence-corrected chi connectivity index (χ0v) is 23.7. The van der Waals surface area contributed by atoms with Gasteiger partial charge in [0.25, 0.3) is 5.69 Å². The fraction of sp³-hybridized carbons (Fsp3) is 0.233. The summed E-state index contributed by atoms with van der Waals surface area (Å²) in [5, 5.41) is 18.3. The minimum absolute atomic E-state index is 0.0474. The van der Waals surface area contributed by atoms with Gasteiger partial charge in [-0.3, -0.25) is 19.9 Å². The molecule has 5 rings (SSSR count). The number of ether oxygens (including phenoxy) is 1. The van der Waals surface area contributed by atoms with Crippen LogP contribution >= 0.6 is 12.2 Å². The quantitative estimate of drug-likeness (QED) is 0.156. The van der Waals surface area contributed by atoms with E-state index in [-0.39, 0.29) is 30.1 Å². The summed E-state index contributed by atoms with van der Waals surface area (Å²) in [5.41, 5.74) is 5.05. The van der Waals surface area contributed by atoms with Gasteiger partial charge < -0.3 is 24.8 Å². The summed E-state index contributed by atoms with van der Waals surface area (Å²) in [6.07, 6.45) is 1.98. The lowest BCUT2D eigenvalue weighted by Crippen LogP contribution is -2.32. The average molecular weight is 571 g/mol. The number of rotatable bonds is 9. The van der Waals surface area contributed by atoms with Crippen molar-refractivity contribution < 1.29 is 14.5 Å². The van der Waals surface area contributed by atoms with E-state index in [9.17, 15) is 14.9 Å². The number of anilines is 1. The number of aryl methyl sites for hydroxylation is 1. The Morgan fingerprint density at radius 1 is 1.12 bits per heavy atom. The van der Waals surface area contributed by atoms with Gasteiger partial charge in [-0.15, -0.1) is 0 Å². The largest absolute Gasteiger partial charge is 0.494 e. The number of carbonyl (C=O) groups excluding carboxylic acids is 1. The molecule has 0 saturated carbocycles. The van der Waals surface area contributed by atoms with E-state index in [2.05, 4.69) is 21.7 Å². The summed E-state index contributed by atoms with van der Waals surface area (Å²) < 4.78 is 7.58. The predicted molar refractivity (Wildman–Crippen MR) is 160 cm³/mol. The molecule has 4 aromatic rings. The lowest BCUT2D eigenvalue weighted by atomic mass is 9.96. The second-order valence-electron chi connectivity index (χ2n) is 9.76. The molecular weight excluding hydrogens is 540 g/mol. The van der Waals surface area contributed by atoms with Gasteiger partial charge in [0.2, 0.25) is 5.91 Å². The number of carbonyl (C=O) groups is 1. The Bertz CT molecular complexity index is 1590. The van der Waals surface area contributed by atoms with Crippen LogP contribution in [-0.2, 0) is 4.79 Å². The highest BCUT2D eigenvalue weighted by Gasteiger charge is 2.41. The van der Waals surface area contributed by atoms with Crippen molar-refractivity contribution in [3.05, 3.63) is 112 Å². The van der Waals surface area contributed by atoms with Gasteiger partial charge in [-0.05, 0) is 68.0 Å². The van der Waals surface area contributed by atoms with Crippen LogP contribution in [0.15, 0.2) is 79.0 Å². The van der Waals surface area contributed by atoms with Gasteiger partial charge in [-0.1, -0.05) is 24.3 Å². The molecule has 0 bridgehead atoms. The normalized spacial score (nSPS) is 16.4. The highest BCUT2D eigenvalue weighted by molar-refractivity contribution is 7.80. The Morgan fingerprint density at radius 3 is 2.56 bits per heavy atom. The number of nitro benzene ring substituents is 1. The maximum atomic E-state index is 12.8. The van der Waals surface area contributed by atoms with Gasteiger partial charge in [0.15, 0.2) is 5.11 Å². The van der Waals surface area contributed by atoms with E-state index in [0.29, 0.717) is 23.1 Å². The zero-order chi connectivity index (χ0) is 29.1.